The molecule has 0 radical (unpaired) electrons. The number of methoxy groups -OCH3 is 1. The van der Waals surface area contributed by atoms with Gasteiger partial charge in [-0.1, -0.05) is 12.1 Å². The van der Waals surface area contributed by atoms with Gasteiger partial charge in [-0.25, -0.2) is 4.98 Å². The maximum atomic E-state index is 13.3. The monoisotopic (exact) mass is 432 g/mol. The molecule has 1 aliphatic heterocycles. The van der Waals surface area contributed by atoms with Gasteiger partial charge in [-0.3, -0.25) is 4.79 Å². The summed E-state index contributed by atoms with van der Waals surface area (Å²) in [6.45, 7) is 5.33. The Bertz CT molecular complexity index is 1050. The second-order valence-electron chi connectivity index (χ2n) is 7.43. The summed E-state index contributed by atoms with van der Waals surface area (Å²) in [5, 5.41) is 3.27. The van der Waals surface area contributed by atoms with Crippen molar-refractivity contribution in [1.29, 1.82) is 0 Å². The minimum atomic E-state index is -0.0220. The predicted molar refractivity (Wildman–Crippen MR) is 126 cm³/mol. The number of ether oxygens (including phenoxy) is 2. The highest BCUT2D eigenvalue weighted by molar-refractivity contribution is 5.99. The summed E-state index contributed by atoms with van der Waals surface area (Å²) in [7, 11) is 1.68. The van der Waals surface area contributed by atoms with Crippen LogP contribution in [0.5, 0.6) is 11.5 Å². The summed E-state index contributed by atoms with van der Waals surface area (Å²) < 4.78 is 11.0. The van der Waals surface area contributed by atoms with Gasteiger partial charge in [-0.2, -0.15) is 0 Å². The first kappa shape index (κ1) is 21.5. The lowest BCUT2D eigenvalue weighted by molar-refractivity contribution is 0.0747. The number of hydrogen-bond donors (Lipinski definition) is 1. The van der Waals surface area contributed by atoms with Crippen LogP contribution >= 0.6 is 0 Å². The van der Waals surface area contributed by atoms with Crippen LogP contribution in [0.4, 0.5) is 17.2 Å². The van der Waals surface area contributed by atoms with E-state index < -0.39 is 0 Å². The number of aromatic nitrogens is 1. The Morgan fingerprint density at radius 1 is 1.00 bits per heavy atom. The predicted octanol–water partition coefficient (Wildman–Crippen LogP) is 4.19. The Labute approximate surface area is 188 Å². The Morgan fingerprint density at radius 2 is 1.75 bits per heavy atom. The summed E-state index contributed by atoms with van der Waals surface area (Å²) in [6.07, 6.45) is 1.69. The molecule has 4 rings (SSSR count). The topological polar surface area (TPSA) is 66.9 Å². The number of para-hydroxylation sites is 2. The van der Waals surface area contributed by atoms with Crippen molar-refractivity contribution in [2.45, 2.75) is 6.92 Å². The molecular weight excluding hydrogens is 404 g/mol. The van der Waals surface area contributed by atoms with Gasteiger partial charge in [0.05, 0.1) is 25.0 Å². The zero-order chi connectivity index (χ0) is 22.3. The fourth-order valence-corrected chi connectivity index (χ4v) is 3.83. The number of rotatable bonds is 7. The number of hydrogen-bond acceptors (Lipinski definition) is 6. The first-order valence-electron chi connectivity index (χ1n) is 10.8. The van der Waals surface area contributed by atoms with Crippen molar-refractivity contribution in [3.63, 3.8) is 0 Å². The third-order valence-electron chi connectivity index (χ3n) is 5.46. The van der Waals surface area contributed by atoms with Gasteiger partial charge in [0.1, 0.15) is 17.3 Å². The Kier molecular flexibility index (Phi) is 6.75. The first-order chi connectivity index (χ1) is 15.7. The number of anilines is 3. The molecule has 0 unspecified atom stereocenters. The van der Waals surface area contributed by atoms with Crippen molar-refractivity contribution in [2.24, 2.45) is 0 Å². The van der Waals surface area contributed by atoms with Crippen molar-refractivity contribution < 1.29 is 14.3 Å². The van der Waals surface area contributed by atoms with E-state index >= 15 is 0 Å². The highest BCUT2D eigenvalue weighted by atomic mass is 16.5. The molecule has 2 heterocycles. The minimum absolute atomic E-state index is 0.0220. The zero-order valence-electron chi connectivity index (χ0n) is 18.5. The normalized spacial score (nSPS) is 13.6. The molecule has 7 heteroatoms. The van der Waals surface area contributed by atoms with Gasteiger partial charge in [0.2, 0.25) is 0 Å². The molecule has 1 aliphatic rings. The molecule has 1 amide bonds. The first-order valence-corrected chi connectivity index (χ1v) is 10.8. The second kappa shape index (κ2) is 10.0. The zero-order valence-corrected chi connectivity index (χ0v) is 18.5. The van der Waals surface area contributed by atoms with Gasteiger partial charge in [-0.15, -0.1) is 0 Å². The van der Waals surface area contributed by atoms with Crippen LogP contribution in [0, 0.1) is 0 Å². The number of amides is 1. The molecule has 166 valence electrons. The fraction of sp³-hybridized carbons (Fsp3) is 0.280. The molecule has 0 bridgehead atoms. The van der Waals surface area contributed by atoms with Crippen LogP contribution in [-0.4, -0.2) is 55.7 Å². The molecule has 32 heavy (non-hydrogen) atoms. The lowest BCUT2D eigenvalue weighted by atomic mass is 10.1. The molecule has 1 N–H and O–H groups in total. The number of nitrogens with one attached hydrogen (secondary N) is 1. The highest BCUT2D eigenvalue weighted by Crippen LogP contribution is 2.29. The summed E-state index contributed by atoms with van der Waals surface area (Å²) >= 11 is 0. The van der Waals surface area contributed by atoms with Crippen molar-refractivity contribution in [1.82, 2.24) is 9.88 Å². The smallest absolute Gasteiger partial charge is 0.257 e. The van der Waals surface area contributed by atoms with E-state index in [9.17, 15) is 4.79 Å². The SMILES string of the molecule is CCOc1ccc(Nc2ncccc2C(=O)N2CCN(c3ccccc3OC)CC2)cc1. The van der Waals surface area contributed by atoms with E-state index in [2.05, 4.69) is 21.3 Å². The summed E-state index contributed by atoms with van der Waals surface area (Å²) in [6, 6.07) is 19.2. The maximum absolute atomic E-state index is 13.3. The summed E-state index contributed by atoms with van der Waals surface area (Å²) in [4.78, 5) is 21.9. The van der Waals surface area contributed by atoms with E-state index in [1.807, 2.05) is 60.4 Å². The standard InChI is InChI=1S/C25H28N4O3/c1-3-32-20-12-10-19(11-13-20)27-24-21(7-6-14-26-24)25(30)29-17-15-28(16-18-29)22-8-4-5-9-23(22)31-2/h4-14H,3,15-18H2,1-2H3,(H,26,27). The van der Waals surface area contributed by atoms with Crippen LogP contribution in [0.15, 0.2) is 66.9 Å². The van der Waals surface area contributed by atoms with Gasteiger partial charge < -0.3 is 24.6 Å². The number of carbonyl (C=O) groups excluding carboxylic acids is 1. The molecule has 1 aromatic heterocycles. The molecule has 0 spiro atoms. The molecule has 3 aromatic rings. The largest absolute Gasteiger partial charge is 0.495 e. The van der Waals surface area contributed by atoms with Crippen LogP contribution in [0.25, 0.3) is 0 Å². The molecule has 2 aromatic carbocycles. The highest BCUT2D eigenvalue weighted by Gasteiger charge is 2.25. The number of piperazine rings is 1. The number of benzene rings is 2. The van der Waals surface area contributed by atoms with Crippen LogP contribution in [0.1, 0.15) is 17.3 Å². The molecule has 0 aliphatic carbocycles. The van der Waals surface area contributed by atoms with Crippen molar-refractivity contribution in [3.8, 4) is 11.5 Å². The van der Waals surface area contributed by atoms with E-state index in [-0.39, 0.29) is 5.91 Å². The fourth-order valence-electron chi connectivity index (χ4n) is 3.83. The third kappa shape index (κ3) is 4.77. The molecule has 0 atom stereocenters. The van der Waals surface area contributed by atoms with Crippen LogP contribution in [-0.2, 0) is 0 Å². The van der Waals surface area contributed by atoms with Crippen LogP contribution < -0.4 is 19.7 Å². The Balaban J connectivity index is 1.44. The summed E-state index contributed by atoms with van der Waals surface area (Å²) in [5.74, 6) is 2.18. The third-order valence-corrected chi connectivity index (χ3v) is 5.46. The lowest BCUT2D eigenvalue weighted by Crippen LogP contribution is -2.49. The average Bonchev–Trinajstić information content (AvgIpc) is 2.85. The maximum Gasteiger partial charge on any atom is 0.257 e. The Hall–Kier alpha value is -3.74. The van der Waals surface area contributed by atoms with Gasteiger partial charge in [0.15, 0.2) is 0 Å². The van der Waals surface area contributed by atoms with Gasteiger partial charge in [0.25, 0.3) is 5.91 Å². The van der Waals surface area contributed by atoms with Gasteiger partial charge in [0, 0.05) is 38.1 Å². The molecule has 0 saturated carbocycles. The number of nitrogens with zero attached hydrogens (tertiary/aromatic N) is 3. The molecule has 1 saturated heterocycles. The summed E-state index contributed by atoms with van der Waals surface area (Å²) in [5.41, 5.74) is 2.47. The number of pyridine rings is 1. The van der Waals surface area contributed by atoms with Crippen molar-refractivity contribution in [3.05, 3.63) is 72.4 Å². The minimum Gasteiger partial charge on any atom is -0.495 e. The second-order valence-corrected chi connectivity index (χ2v) is 7.43. The van der Waals surface area contributed by atoms with Crippen molar-refractivity contribution in [2.75, 3.05) is 50.1 Å². The molecular formula is C25H28N4O3. The van der Waals surface area contributed by atoms with Gasteiger partial charge >= 0.3 is 0 Å². The number of carbonyl (C=O) groups is 1. The van der Waals surface area contributed by atoms with E-state index in [0.29, 0.717) is 31.1 Å². The average molecular weight is 433 g/mol. The van der Waals surface area contributed by atoms with E-state index in [0.717, 1.165) is 36.0 Å². The molecule has 7 nitrogen and oxygen atoms in total. The van der Waals surface area contributed by atoms with Crippen LogP contribution in [0.2, 0.25) is 0 Å². The van der Waals surface area contributed by atoms with Crippen molar-refractivity contribution >= 4 is 23.1 Å². The van der Waals surface area contributed by atoms with E-state index in [1.165, 1.54) is 0 Å². The van der Waals surface area contributed by atoms with Crippen LogP contribution in [0.3, 0.4) is 0 Å². The Morgan fingerprint density at radius 3 is 2.47 bits per heavy atom. The lowest BCUT2D eigenvalue weighted by Gasteiger charge is -2.36. The molecule has 1 fully saturated rings. The van der Waals surface area contributed by atoms with Gasteiger partial charge in [-0.05, 0) is 55.5 Å². The quantitative estimate of drug-likeness (QED) is 0.604. The van der Waals surface area contributed by atoms with E-state index in [1.54, 1.807) is 19.4 Å². The van der Waals surface area contributed by atoms with E-state index in [4.69, 9.17) is 9.47 Å².